The second-order valence-corrected chi connectivity index (χ2v) is 7.61. The number of nitrogens with one attached hydrogen (secondary N) is 1. The van der Waals surface area contributed by atoms with Gasteiger partial charge in [0.25, 0.3) is 0 Å². The van der Waals surface area contributed by atoms with Crippen LogP contribution in [0.15, 0.2) is 72.7 Å². The Balaban J connectivity index is 1.65. The number of aromatic amines is 1. The van der Waals surface area contributed by atoms with Crippen LogP contribution in [-0.4, -0.2) is 34.0 Å². The van der Waals surface area contributed by atoms with E-state index in [2.05, 4.69) is 40.1 Å². The molecule has 1 atom stereocenters. The maximum Gasteiger partial charge on any atom is 0.123 e. The van der Waals surface area contributed by atoms with Crippen LogP contribution >= 0.6 is 0 Å². The zero-order valence-electron chi connectivity index (χ0n) is 15.8. The number of H-pyrrole nitrogens is 1. The fourth-order valence-corrected chi connectivity index (χ4v) is 4.37. The number of nitrogens with zero attached hydrogens (tertiary/aromatic N) is 2. The van der Waals surface area contributed by atoms with Gasteiger partial charge in [-0.2, -0.15) is 0 Å². The second-order valence-electron chi connectivity index (χ2n) is 7.61. The predicted octanol–water partition coefficient (Wildman–Crippen LogP) is 5.30. The van der Waals surface area contributed by atoms with E-state index in [4.69, 9.17) is 0 Å². The van der Waals surface area contributed by atoms with Gasteiger partial charge in [-0.25, -0.2) is 4.39 Å². The largest absolute Gasteiger partial charge is 0.360 e. The Hall–Kier alpha value is -2.98. The molecule has 2 aliphatic heterocycles. The third kappa shape index (κ3) is 3.00. The first-order valence-corrected chi connectivity index (χ1v) is 9.69. The third-order valence-corrected chi connectivity index (χ3v) is 5.70. The summed E-state index contributed by atoms with van der Waals surface area (Å²) in [6.07, 6.45) is 11.5. The van der Waals surface area contributed by atoms with Gasteiger partial charge in [-0.05, 0) is 66.4 Å². The van der Waals surface area contributed by atoms with Crippen molar-refractivity contribution >= 4 is 5.57 Å². The molecule has 4 heteroatoms. The summed E-state index contributed by atoms with van der Waals surface area (Å²) < 4.78 is 13.4. The zero-order chi connectivity index (χ0) is 19.1. The molecule has 4 heterocycles. The topological polar surface area (TPSA) is 31.9 Å². The first kappa shape index (κ1) is 17.1. The average molecular weight is 371 g/mol. The van der Waals surface area contributed by atoms with Crippen molar-refractivity contribution in [3.8, 4) is 22.4 Å². The van der Waals surface area contributed by atoms with Gasteiger partial charge in [0.2, 0.25) is 0 Å². The van der Waals surface area contributed by atoms with Gasteiger partial charge in [-0.3, -0.25) is 9.88 Å². The van der Waals surface area contributed by atoms with Crippen LogP contribution < -0.4 is 0 Å². The Morgan fingerprint density at radius 3 is 2.61 bits per heavy atom. The lowest BCUT2D eigenvalue weighted by Gasteiger charge is -2.28. The number of aromatic nitrogens is 2. The van der Waals surface area contributed by atoms with Crippen LogP contribution in [0.3, 0.4) is 0 Å². The Bertz CT molecular complexity index is 1060. The summed E-state index contributed by atoms with van der Waals surface area (Å²) >= 11 is 0. The minimum absolute atomic E-state index is 0.223. The van der Waals surface area contributed by atoms with Crippen LogP contribution in [0.2, 0.25) is 0 Å². The third-order valence-electron chi connectivity index (χ3n) is 5.70. The van der Waals surface area contributed by atoms with Gasteiger partial charge in [0.05, 0.1) is 5.69 Å². The van der Waals surface area contributed by atoms with Crippen molar-refractivity contribution in [2.24, 2.45) is 0 Å². The maximum absolute atomic E-state index is 13.4. The quantitative estimate of drug-likeness (QED) is 0.634. The number of fused-ring (bicyclic) bond motifs is 1. The molecule has 0 radical (unpaired) electrons. The molecule has 0 saturated heterocycles. The smallest absolute Gasteiger partial charge is 0.123 e. The zero-order valence-corrected chi connectivity index (χ0v) is 15.8. The van der Waals surface area contributed by atoms with Crippen molar-refractivity contribution in [3.05, 3.63) is 84.1 Å². The molecule has 0 fully saturated rings. The molecule has 2 aromatic heterocycles. The molecule has 0 spiro atoms. The standard InChI is InChI=1S/C24H22FN3/c1-16-12-21-13-19(8-11-28(21)15-16)22-14-27-24(18-2-4-20(25)5-3-18)23(22)17-6-9-26-10-7-17/h2-7,9-10,12-14,21,27H,8,11,15H2,1H3/t21-/m1/s1. The molecule has 0 saturated carbocycles. The summed E-state index contributed by atoms with van der Waals surface area (Å²) in [7, 11) is 0. The summed E-state index contributed by atoms with van der Waals surface area (Å²) in [4.78, 5) is 10.1. The van der Waals surface area contributed by atoms with Gasteiger partial charge in [-0.1, -0.05) is 17.7 Å². The molecule has 3 aromatic rings. The highest BCUT2D eigenvalue weighted by atomic mass is 19.1. The highest BCUT2D eigenvalue weighted by Crippen LogP contribution is 2.40. The summed E-state index contributed by atoms with van der Waals surface area (Å²) in [6, 6.07) is 11.1. The lowest BCUT2D eigenvalue weighted by atomic mass is 9.91. The molecule has 2 aliphatic rings. The minimum Gasteiger partial charge on any atom is -0.360 e. The van der Waals surface area contributed by atoms with Crippen molar-refractivity contribution in [2.45, 2.75) is 19.4 Å². The molecule has 5 rings (SSSR count). The molecule has 140 valence electrons. The molecular weight excluding hydrogens is 349 g/mol. The molecule has 0 amide bonds. The van der Waals surface area contributed by atoms with Crippen LogP contribution in [0, 0.1) is 5.82 Å². The van der Waals surface area contributed by atoms with Gasteiger partial charge in [-0.15, -0.1) is 0 Å². The Morgan fingerprint density at radius 2 is 1.82 bits per heavy atom. The van der Waals surface area contributed by atoms with E-state index in [9.17, 15) is 4.39 Å². The summed E-state index contributed by atoms with van der Waals surface area (Å²) in [5.74, 6) is -0.223. The van der Waals surface area contributed by atoms with Crippen LogP contribution in [0.1, 0.15) is 18.9 Å². The van der Waals surface area contributed by atoms with Crippen molar-refractivity contribution < 1.29 is 4.39 Å². The molecule has 0 aliphatic carbocycles. The first-order valence-electron chi connectivity index (χ1n) is 9.69. The average Bonchev–Trinajstić information content (AvgIpc) is 3.31. The van der Waals surface area contributed by atoms with E-state index in [1.54, 1.807) is 0 Å². The monoisotopic (exact) mass is 371 g/mol. The molecular formula is C24H22FN3. The van der Waals surface area contributed by atoms with E-state index in [-0.39, 0.29) is 5.82 Å². The molecule has 0 bridgehead atoms. The lowest BCUT2D eigenvalue weighted by Crippen LogP contribution is -2.33. The summed E-state index contributed by atoms with van der Waals surface area (Å²) in [5, 5.41) is 0. The Kier molecular flexibility index (Phi) is 4.21. The van der Waals surface area contributed by atoms with E-state index in [1.165, 1.54) is 28.8 Å². The molecule has 0 unspecified atom stereocenters. The number of hydrogen-bond donors (Lipinski definition) is 1. The number of rotatable bonds is 3. The number of hydrogen-bond acceptors (Lipinski definition) is 2. The predicted molar refractivity (Wildman–Crippen MR) is 111 cm³/mol. The van der Waals surface area contributed by atoms with Gasteiger partial charge in [0, 0.05) is 48.8 Å². The fourth-order valence-electron chi connectivity index (χ4n) is 4.37. The Labute approximate surface area is 164 Å². The molecule has 1 N–H and O–H groups in total. The van der Waals surface area contributed by atoms with E-state index in [0.717, 1.165) is 41.9 Å². The maximum atomic E-state index is 13.4. The van der Waals surface area contributed by atoms with Crippen molar-refractivity contribution in [1.82, 2.24) is 14.9 Å². The van der Waals surface area contributed by atoms with Crippen molar-refractivity contribution in [3.63, 3.8) is 0 Å². The number of pyridine rings is 1. The summed E-state index contributed by atoms with van der Waals surface area (Å²) in [5.41, 5.74) is 8.31. The van der Waals surface area contributed by atoms with Gasteiger partial charge < -0.3 is 4.98 Å². The summed E-state index contributed by atoms with van der Waals surface area (Å²) in [6.45, 7) is 4.34. The van der Waals surface area contributed by atoms with E-state index >= 15 is 0 Å². The van der Waals surface area contributed by atoms with Crippen LogP contribution in [0.5, 0.6) is 0 Å². The lowest BCUT2D eigenvalue weighted by molar-refractivity contribution is 0.301. The Morgan fingerprint density at radius 1 is 1.04 bits per heavy atom. The van der Waals surface area contributed by atoms with Gasteiger partial charge >= 0.3 is 0 Å². The van der Waals surface area contributed by atoms with Gasteiger partial charge in [0.15, 0.2) is 0 Å². The first-order chi connectivity index (χ1) is 13.7. The van der Waals surface area contributed by atoms with Crippen molar-refractivity contribution in [1.29, 1.82) is 0 Å². The molecule has 3 nitrogen and oxygen atoms in total. The normalized spacial score (nSPS) is 19.3. The minimum atomic E-state index is -0.223. The van der Waals surface area contributed by atoms with E-state index in [0.29, 0.717) is 6.04 Å². The van der Waals surface area contributed by atoms with E-state index < -0.39 is 0 Å². The fraction of sp³-hybridized carbons (Fsp3) is 0.208. The molecule has 1 aromatic carbocycles. The number of benzene rings is 1. The molecule has 28 heavy (non-hydrogen) atoms. The van der Waals surface area contributed by atoms with E-state index in [1.807, 2.05) is 36.7 Å². The van der Waals surface area contributed by atoms with Crippen LogP contribution in [0.25, 0.3) is 28.0 Å². The highest BCUT2D eigenvalue weighted by molar-refractivity contribution is 5.91. The van der Waals surface area contributed by atoms with Crippen LogP contribution in [0.4, 0.5) is 4.39 Å². The van der Waals surface area contributed by atoms with Gasteiger partial charge in [0.1, 0.15) is 5.82 Å². The SMILES string of the molecule is CC1=C[C@@H]2C=C(c3c[nH]c(-c4ccc(F)cc4)c3-c3ccncc3)CCN2C1. The number of halogens is 1. The second kappa shape index (κ2) is 6.88. The highest BCUT2D eigenvalue weighted by Gasteiger charge is 2.27. The van der Waals surface area contributed by atoms with Crippen LogP contribution in [-0.2, 0) is 0 Å². The van der Waals surface area contributed by atoms with Crippen molar-refractivity contribution in [2.75, 3.05) is 13.1 Å².